The smallest absolute Gasteiger partial charge is 0.252 e. The van der Waals surface area contributed by atoms with E-state index in [1.54, 1.807) is 17.3 Å². The molecule has 0 amide bonds. The molecule has 2 aromatic heterocycles. The van der Waals surface area contributed by atoms with Gasteiger partial charge in [-0.25, -0.2) is 8.42 Å². The maximum absolute atomic E-state index is 12.6. The Morgan fingerprint density at radius 1 is 1.32 bits per heavy atom. The third-order valence-corrected chi connectivity index (χ3v) is 7.52. The van der Waals surface area contributed by atoms with Gasteiger partial charge in [0.2, 0.25) is 11.8 Å². The Morgan fingerprint density at radius 2 is 2.05 bits per heavy atom. The number of hydrogen-bond acceptors (Lipinski definition) is 6. The number of sulfonamides is 1. The lowest BCUT2D eigenvalue weighted by Crippen LogP contribution is -2.37. The van der Waals surface area contributed by atoms with Crippen LogP contribution in [0.4, 0.5) is 0 Å². The normalized spacial score (nSPS) is 17.9. The van der Waals surface area contributed by atoms with Gasteiger partial charge in [0, 0.05) is 30.8 Å². The molecule has 0 unspecified atom stereocenters. The van der Waals surface area contributed by atoms with E-state index in [-0.39, 0.29) is 5.92 Å². The van der Waals surface area contributed by atoms with Crippen LogP contribution >= 0.6 is 11.3 Å². The van der Waals surface area contributed by atoms with Crippen molar-refractivity contribution in [2.75, 3.05) is 13.1 Å². The van der Waals surface area contributed by atoms with Crippen molar-refractivity contribution in [3.8, 4) is 0 Å². The summed E-state index contributed by atoms with van der Waals surface area (Å²) in [4.78, 5) is 1.09. The minimum atomic E-state index is -3.37. The van der Waals surface area contributed by atoms with Gasteiger partial charge in [0.05, 0.1) is 0 Å². The topological polar surface area (TPSA) is 76.3 Å². The molecule has 0 radical (unpaired) electrons. The first-order chi connectivity index (χ1) is 10.5. The Balaban J connectivity index is 1.70. The molecule has 0 aliphatic carbocycles. The number of nitrogens with zero attached hydrogens (tertiary/aromatic N) is 3. The van der Waals surface area contributed by atoms with Gasteiger partial charge in [-0.05, 0) is 31.4 Å². The van der Waals surface area contributed by atoms with Gasteiger partial charge >= 0.3 is 0 Å². The van der Waals surface area contributed by atoms with Crippen molar-refractivity contribution in [2.45, 2.75) is 43.2 Å². The summed E-state index contributed by atoms with van der Waals surface area (Å²) in [7, 11) is -3.37. The third kappa shape index (κ3) is 2.95. The molecule has 22 heavy (non-hydrogen) atoms. The molecule has 0 aromatic carbocycles. The summed E-state index contributed by atoms with van der Waals surface area (Å²) in [6.45, 7) is 4.78. The van der Waals surface area contributed by atoms with Gasteiger partial charge in [-0.3, -0.25) is 0 Å². The lowest BCUT2D eigenvalue weighted by atomic mass is 9.98. The summed E-state index contributed by atoms with van der Waals surface area (Å²) >= 11 is 1.36. The molecular weight excluding hydrogens is 322 g/mol. The predicted octanol–water partition coefficient (Wildman–Crippen LogP) is 2.57. The zero-order chi connectivity index (χ0) is 15.7. The van der Waals surface area contributed by atoms with E-state index in [0.717, 1.165) is 11.3 Å². The summed E-state index contributed by atoms with van der Waals surface area (Å²) in [5.41, 5.74) is 0. The Morgan fingerprint density at radius 3 is 2.59 bits per heavy atom. The van der Waals surface area contributed by atoms with Crippen molar-refractivity contribution in [1.29, 1.82) is 0 Å². The molecule has 1 fully saturated rings. The van der Waals surface area contributed by atoms with Crippen LogP contribution in [0.25, 0.3) is 0 Å². The molecule has 0 N–H and O–H groups in total. The summed E-state index contributed by atoms with van der Waals surface area (Å²) in [6.07, 6.45) is 2.29. The highest BCUT2D eigenvalue weighted by Gasteiger charge is 2.32. The molecule has 0 bridgehead atoms. The average Bonchev–Trinajstić information content (AvgIpc) is 3.16. The number of hydrogen-bond donors (Lipinski definition) is 0. The van der Waals surface area contributed by atoms with E-state index < -0.39 is 10.0 Å². The van der Waals surface area contributed by atoms with Crippen molar-refractivity contribution in [2.24, 2.45) is 0 Å². The average molecular weight is 341 g/mol. The molecule has 1 saturated heterocycles. The van der Waals surface area contributed by atoms with Crippen molar-refractivity contribution < 1.29 is 12.8 Å². The van der Waals surface area contributed by atoms with Gasteiger partial charge in [-0.15, -0.1) is 21.5 Å². The van der Waals surface area contributed by atoms with Crippen LogP contribution in [0, 0.1) is 6.92 Å². The van der Waals surface area contributed by atoms with Crippen LogP contribution in [0.5, 0.6) is 0 Å². The Bertz CT molecular complexity index is 743. The zero-order valence-corrected chi connectivity index (χ0v) is 14.3. The van der Waals surface area contributed by atoms with E-state index in [9.17, 15) is 8.42 Å². The largest absolute Gasteiger partial charge is 0.425 e. The molecule has 3 rings (SSSR count). The standard InChI is InChI=1S/C14H19N3O3S2/c1-3-12-4-5-13(21-12)22(18,19)17-8-6-11(7-9-17)14-16-15-10(2)20-14/h4-5,11H,3,6-9H2,1-2H3. The van der Waals surface area contributed by atoms with Gasteiger partial charge in [-0.1, -0.05) is 6.92 Å². The van der Waals surface area contributed by atoms with Crippen molar-refractivity contribution in [3.63, 3.8) is 0 Å². The van der Waals surface area contributed by atoms with Crippen LogP contribution in [0.2, 0.25) is 0 Å². The van der Waals surface area contributed by atoms with Crippen LogP contribution in [-0.2, 0) is 16.4 Å². The van der Waals surface area contributed by atoms with Crippen molar-refractivity contribution in [3.05, 3.63) is 28.8 Å². The van der Waals surface area contributed by atoms with Crippen LogP contribution in [-0.4, -0.2) is 36.0 Å². The number of aryl methyl sites for hydroxylation is 2. The van der Waals surface area contributed by atoms with E-state index in [1.165, 1.54) is 11.3 Å². The lowest BCUT2D eigenvalue weighted by Gasteiger charge is -2.29. The molecule has 3 heterocycles. The Hall–Kier alpha value is -1.25. The van der Waals surface area contributed by atoms with Crippen LogP contribution in [0.1, 0.15) is 42.3 Å². The molecule has 0 spiro atoms. The second kappa shape index (κ2) is 6.10. The molecule has 1 aliphatic heterocycles. The maximum atomic E-state index is 12.6. The van der Waals surface area contributed by atoms with E-state index in [2.05, 4.69) is 10.2 Å². The molecule has 2 aromatic rings. The quantitative estimate of drug-likeness (QED) is 0.854. The fraction of sp³-hybridized carbons (Fsp3) is 0.571. The minimum Gasteiger partial charge on any atom is -0.425 e. The van der Waals surface area contributed by atoms with Gasteiger partial charge in [-0.2, -0.15) is 4.31 Å². The maximum Gasteiger partial charge on any atom is 0.252 e. The minimum absolute atomic E-state index is 0.155. The summed E-state index contributed by atoms with van der Waals surface area (Å²) in [5.74, 6) is 1.33. The van der Waals surface area contributed by atoms with Gasteiger partial charge < -0.3 is 4.42 Å². The molecular formula is C14H19N3O3S2. The fourth-order valence-electron chi connectivity index (χ4n) is 2.63. The summed E-state index contributed by atoms with van der Waals surface area (Å²) < 4.78 is 32.8. The summed E-state index contributed by atoms with van der Waals surface area (Å²) in [6, 6.07) is 3.61. The monoisotopic (exact) mass is 341 g/mol. The first kappa shape index (κ1) is 15.6. The van der Waals surface area contributed by atoms with E-state index in [0.29, 0.717) is 41.9 Å². The van der Waals surface area contributed by atoms with Gasteiger partial charge in [0.1, 0.15) is 4.21 Å². The second-order valence-corrected chi connectivity index (χ2v) is 8.75. The molecule has 120 valence electrons. The van der Waals surface area contributed by atoms with E-state index in [4.69, 9.17) is 4.42 Å². The highest BCUT2D eigenvalue weighted by molar-refractivity contribution is 7.91. The molecule has 0 saturated carbocycles. The number of thiophene rings is 1. The van der Waals surface area contributed by atoms with Crippen LogP contribution in [0.15, 0.2) is 20.8 Å². The molecule has 1 aliphatic rings. The predicted molar refractivity (Wildman–Crippen MR) is 83.5 cm³/mol. The highest BCUT2D eigenvalue weighted by atomic mass is 32.2. The van der Waals surface area contributed by atoms with E-state index >= 15 is 0 Å². The fourth-order valence-corrected chi connectivity index (χ4v) is 5.55. The van der Waals surface area contributed by atoms with Crippen LogP contribution in [0.3, 0.4) is 0 Å². The Kier molecular flexibility index (Phi) is 4.33. The third-order valence-electron chi connectivity index (χ3n) is 3.92. The lowest BCUT2D eigenvalue weighted by molar-refractivity contribution is 0.288. The highest BCUT2D eigenvalue weighted by Crippen LogP contribution is 2.32. The number of rotatable bonds is 4. The van der Waals surface area contributed by atoms with Gasteiger partial charge in [0.15, 0.2) is 0 Å². The van der Waals surface area contributed by atoms with Gasteiger partial charge in [0.25, 0.3) is 10.0 Å². The first-order valence-corrected chi connectivity index (χ1v) is 9.65. The molecule has 6 nitrogen and oxygen atoms in total. The van der Waals surface area contributed by atoms with Crippen molar-refractivity contribution in [1.82, 2.24) is 14.5 Å². The van der Waals surface area contributed by atoms with E-state index in [1.807, 2.05) is 13.0 Å². The first-order valence-electron chi connectivity index (χ1n) is 7.39. The molecule has 8 heteroatoms. The summed E-state index contributed by atoms with van der Waals surface area (Å²) in [5, 5.41) is 7.89. The van der Waals surface area contributed by atoms with Crippen LogP contribution < -0.4 is 0 Å². The zero-order valence-electron chi connectivity index (χ0n) is 12.7. The SMILES string of the molecule is CCc1ccc(S(=O)(=O)N2CCC(c3nnc(C)o3)CC2)s1. The number of aromatic nitrogens is 2. The second-order valence-electron chi connectivity index (χ2n) is 5.41. The number of piperidine rings is 1. The van der Waals surface area contributed by atoms with Crippen molar-refractivity contribution >= 4 is 21.4 Å². The Labute approximate surface area is 134 Å². The molecule has 0 atom stereocenters.